The Hall–Kier alpha value is -0.570. The molecule has 0 saturated carbocycles. The van der Waals surface area contributed by atoms with Crippen molar-refractivity contribution < 1.29 is 0 Å². The molecule has 3 nitrogen and oxygen atoms in total. The number of hydrogen-bond donors (Lipinski definition) is 1. The summed E-state index contributed by atoms with van der Waals surface area (Å²) in [6.07, 6.45) is 14.9. The summed E-state index contributed by atoms with van der Waals surface area (Å²) in [7, 11) is 0. The second-order valence-corrected chi connectivity index (χ2v) is 6.01. The van der Waals surface area contributed by atoms with Gasteiger partial charge in [-0.3, -0.25) is 4.99 Å². The molecule has 20 heavy (non-hydrogen) atoms. The van der Waals surface area contributed by atoms with Gasteiger partial charge in [0, 0.05) is 19.5 Å². The molecule has 2 N–H and O–H groups in total. The van der Waals surface area contributed by atoms with E-state index in [0.29, 0.717) is 0 Å². The first-order valence-electron chi connectivity index (χ1n) is 8.86. The number of nitrogens with two attached hydrogens (primary N) is 1. The van der Waals surface area contributed by atoms with Crippen LogP contribution in [-0.4, -0.2) is 36.9 Å². The minimum atomic E-state index is 0.793. The molecule has 0 spiro atoms. The number of nitrogens with zero attached hydrogens (tertiary/aromatic N) is 2. The first-order valence-corrected chi connectivity index (χ1v) is 8.86. The Bertz CT molecular complexity index is 251. The lowest BCUT2D eigenvalue weighted by Gasteiger charge is -2.19. The van der Waals surface area contributed by atoms with Crippen LogP contribution in [0.4, 0.5) is 0 Å². The Balaban J connectivity index is 1.93. The van der Waals surface area contributed by atoms with Crippen molar-refractivity contribution in [3.05, 3.63) is 0 Å². The highest BCUT2D eigenvalue weighted by Gasteiger charge is 2.15. The lowest BCUT2D eigenvalue weighted by Crippen LogP contribution is -2.29. The SMILES string of the molecule is CCCCCCCCCCCC1=NCCN1CCCN. The van der Waals surface area contributed by atoms with Crippen molar-refractivity contribution in [3.63, 3.8) is 0 Å². The minimum absolute atomic E-state index is 0.793. The summed E-state index contributed by atoms with van der Waals surface area (Å²) in [5.41, 5.74) is 5.58. The molecule has 0 atom stereocenters. The van der Waals surface area contributed by atoms with Crippen LogP contribution in [0.1, 0.15) is 77.6 Å². The maximum atomic E-state index is 5.58. The van der Waals surface area contributed by atoms with Crippen LogP contribution in [0.25, 0.3) is 0 Å². The second kappa shape index (κ2) is 12.2. The van der Waals surface area contributed by atoms with Gasteiger partial charge < -0.3 is 10.6 Å². The Morgan fingerprint density at radius 3 is 2.25 bits per heavy atom. The average molecular weight is 281 g/mol. The van der Waals surface area contributed by atoms with Crippen molar-refractivity contribution in [1.29, 1.82) is 0 Å². The summed E-state index contributed by atoms with van der Waals surface area (Å²) in [6.45, 7) is 6.29. The molecule has 0 saturated heterocycles. The van der Waals surface area contributed by atoms with E-state index in [1.165, 1.54) is 70.0 Å². The first kappa shape index (κ1) is 17.5. The van der Waals surface area contributed by atoms with Gasteiger partial charge in [0.05, 0.1) is 12.4 Å². The zero-order valence-corrected chi connectivity index (χ0v) is 13.6. The van der Waals surface area contributed by atoms with Gasteiger partial charge in [-0.15, -0.1) is 0 Å². The maximum absolute atomic E-state index is 5.58. The molecule has 118 valence electrons. The predicted molar refractivity (Wildman–Crippen MR) is 89.4 cm³/mol. The minimum Gasteiger partial charge on any atom is -0.358 e. The largest absolute Gasteiger partial charge is 0.358 e. The van der Waals surface area contributed by atoms with Gasteiger partial charge >= 0.3 is 0 Å². The van der Waals surface area contributed by atoms with Gasteiger partial charge in [0.2, 0.25) is 0 Å². The van der Waals surface area contributed by atoms with E-state index in [1.807, 2.05) is 0 Å². The lowest BCUT2D eigenvalue weighted by molar-refractivity contribution is 0.438. The molecule has 0 fully saturated rings. The fourth-order valence-electron chi connectivity index (χ4n) is 2.88. The monoisotopic (exact) mass is 281 g/mol. The van der Waals surface area contributed by atoms with Crippen molar-refractivity contribution in [2.45, 2.75) is 77.6 Å². The van der Waals surface area contributed by atoms with Crippen LogP contribution in [-0.2, 0) is 0 Å². The summed E-state index contributed by atoms with van der Waals surface area (Å²) in [4.78, 5) is 7.08. The van der Waals surface area contributed by atoms with Crippen LogP contribution in [0.5, 0.6) is 0 Å². The molecule has 0 aromatic carbocycles. The molecule has 0 amide bonds. The molecule has 1 aliphatic rings. The van der Waals surface area contributed by atoms with Crippen LogP contribution in [0, 0.1) is 0 Å². The zero-order chi connectivity index (χ0) is 14.5. The van der Waals surface area contributed by atoms with Crippen molar-refractivity contribution in [3.8, 4) is 0 Å². The van der Waals surface area contributed by atoms with Gasteiger partial charge in [0.15, 0.2) is 0 Å². The van der Waals surface area contributed by atoms with Crippen LogP contribution in [0.2, 0.25) is 0 Å². The van der Waals surface area contributed by atoms with E-state index in [1.54, 1.807) is 0 Å². The summed E-state index contributed by atoms with van der Waals surface area (Å²) < 4.78 is 0. The molecule has 1 aliphatic heterocycles. The Morgan fingerprint density at radius 1 is 0.950 bits per heavy atom. The van der Waals surface area contributed by atoms with E-state index in [4.69, 9.17) is 5.73 Å². The standard InChI is InChI=1S/C17H35N3/c1-2-3-4-5-6-7-8-9-10-12-17-19-14-16-20(17)15-11-13-18/h2-16,18H2,1H3. The number of rotatable bonds is 13. The zero-order valence-electron chi connectivity index (χ0n) is 13.6. The molecule has 0 unspecified atom stereocenters. The Morgan fingerprint density at radius 2 is 1.60 bits per heavy atom. The van der Waals surface area contributed by atoms with Crippen molar-refractivity contribution in [1.82, 2.24) is 4.90 Å². The summed E-state index contributed by atoms with van der Waals surface area (Å²) in [6, 6.07) is 0. The highest BCUT2D eigenvalue weighted by molar-refractivity contribution is 5.83. The van der Waals surface area contributed by atoms with E-state index in [0.717, 1.165) is 32.6 Å². The van der Waals surface area contributed by atoms with E-state index in [-0.39, 0.29) is 0 Å². The molecule has 1 rings (SSSR count). The van der Waals surface area contributed by atoms with Crippen molar-refractivity contribution >= 4 is 5.84 Å². The second-order valence-electron chi connectivity index (χ2n) is 6.01. The fourth-order valence-corrected chi connectivity index (χ4v) is 2.88. The smallest absolute Gasteiger partial charge is 0.0990 e. The van der Waals surface area contributed by atoms with E-state index < -0.39 is 0 Å². The Kier molecular flexibility index (Phi) is 10.7. The van der Waals surface area contributed by atoms with E-state index >= 15 is 0 Å². The van der Waals surface area contributed by atoms with E-state index in [9.17, 15) is 0 Å². The van der Waals surface area contributed by atoms with Crippen LogP contribution < -0.4 is 5.73 Å². The highest BCUT2D eigenvalue weighted by Crippen LogP contribution is 2.13. The van der Waals surface area contributed by atoms with Crippen molar-refractivity contribution in [2.24, 2.45) is 10.7 Å². The van der Waals surface area contributed by atoms with Crippen LogP contribution >= 0.6 is 0 Å². The third kappa shape index (κ3) is 7.88. The molecular weight excluding hydrogens is 246 g/mol. The van der Waals surface area contributed by atoms with Crippen LogP contribution in [0.3, 0.4) is 0 Å². The number of amidine groups is 1. The molecular formula is C17H35N3. The summed E-state index contributed by atoms with van der Waals surface area (Å²) in [5, 5.41) is 0. The fraction of sp³-hybridized carbons (Fsp3) is 0.941. The summed E-state index contributed by atoms with van der Waals surface area (Å²) >= 11 is 0. The van der Waals surface area contributed by atoms with Gasteiger partial charge in [0.25, 0.3) is 0 Å². The summed E-state index contributed by atoms with van der Waals surface area (Å²) in [5.74, 6) is 1.35. The van der Waals surface area contributed by atoms with Gasteiger partial charge in [-0.05, 0) is 19.4 Å². The number of hydrogen-bond acceptors (Lipinski definition) is 3. The normalized spacial score (nSPS) is 14.9. The molecule has 0 radical (unpaired) electrons. The third-order valence-corrected chi connectivity index (χ3v) is 4.17. The quantitative estimate of drug-likeness (QED) is 0.519. The van der Waals surface area contributed by atoms with Gasteiger partial charge in [-0.2, -0.15) is 0 Å². The maximum Gasteiger partial charge on any atom is 0.0990 e. The topological polar surface area (TPSA) is 41.6 Å². The molecule has 1 heterocycles. The van der Waals surface area contributed by atoms with Crippen molar-refractivity contribution in [2.75, 3.05) is 26.2 Å². The molecule has 3 heteroatoms. The Labute approximate surface area is 126 Å². The predicted octanol–water partition coefficient (Wildman–Crippen LogP) is 3.97. The molecule has 0 aliphatic carbocycles. The average Bonchev–Trinajstić information content (AvgIpc) is 2.91. The third-order valence-electron chi connectivity index (χ3n) is 4.17. The van der Waals surface area contributed by atoms with Crippen LogP contribution in [0.15, 0.2) is 4.99 Å². The highest BCUT2D eigenvalue weighted by atomic mass is 15.2. The van der Waals surface area contributed by atoms with E-state index in [2.05, 4.69) is 16.8 Å². The first-order chi connectivity index (χ1) is 9.88. The van der Waals surface area contributed by atoms with Gasteiger partial charge in [-0.1, -0.05) is 58.3 Å². The number of aliphatic imine (C=N–C) groups is 1. The molecule has 0 bridgehead atoms. The van der Waals surface area contributed by atoms with Gasteiger partial charge in [0.1, 0.15) is 0 Å². The molecule has 0 aromatic heterocycles. The lowest BCUT2D eigenvalue weighted by atomic mass is 10.1. The number of unbranched alkanes of at least 4 members (excludes halogenated alkanes) is 8. The molecule has 0 aromatic rings. The van der Waals surface area contributed by atoms with Gasteiger partial charge in [-0.25, -0.2) is 0 Å².